The first kappa shape index (κ1) is 33.4. The Labute approximate surface area is 334 Å². The molecule has 57 heavy (non-hydrogen) atoms. The van der Waals surface area contributed by atoms with Gasteiger partial charge in [-0.2, -0.15) is 0 Å². The third-order valence-corrected chi connectivity index (χ3v) is 16.9. The molecule has 1 aliphatic rings. The number of benzene rings is 8. The van der Waals surface area contributed by atoms with Gasteiger partial charge in [0.25, 0.3) is 0 Å². The molecule has 2 heterocycles. The van der Waals surface area contributed by atoms with Gasteiger partial charge in [0.15, 0.2) is 8.07 Å². The highest BCUT2D eigenvalue weighted by Crippen LogP contribution is 2.38. The lowest BCUT2D eigenvalue weighted by molar-refractivity contribution is 0.889. The maximum Gasteiger partial charge on any atom is 0.179 e. The van der Waals surface area contributed by atoms with Gasteiger partial charge in [-0.3, -0.25) is 0 Å². The van der Waals surface area contributed by atoms with E-state index in [2.05, 4.69) is 228 Å². The highest BCUT2D eigenvalue weighted by molar-refractivity contribution is 7.20. The summed E-state index contributed by atoms with van der Waals surface area (Å²) in [5.74, 6) is 0. The van der Waals surface area contributed by atoms with Crippen LogP contribution in [-0.2, 0) is 6.42 Å². The van der Waals surface area contributed by atoms with Crippen LogP contribution in [0.3, 0.4) is 0 Å². The Balaban J connectivity index is 1.15. The van der Waals surface area contributed by atoms with Gasteiger partial charge >= 0.3 is 0 Å². The van der Waals surface area contributed by atoms with E-state index in [1.54, 1.807) is 0 Å². The Kier molecular flexibility index (Phi) is 8.01. The summed E-state index contributed by atoms with van der Waals surface area (Å²) in [6.07, 6.45) is 6.73. The van der Waals surface area contributed by atoms with Crippen LogP contribution in [0.25, 0.3) is 61.3 Å². The molecule has 270 valence electrons. The lowest BCUT2D eigenvalue weighted by Crippen LogP contribution is -2.74. The van der Waals surface area contributed by atoms with Gasteiger partial charge in [-0.05, 0) is 87.2 Å². The normalized spacial score (nSPS) is 12.7. The number of fused-ring (bicyclic) bond motifs is 6. The van der Waals surface area contributed by atoms with E-state index in [4.69, 9.17) is 0 Å². The number of hydrogen-bond acceptors (Lipinski definition) is 0. The molecule has 0 saturated carbocycles. The summed E-state index contributed by atoms with van der Waals surface area (Å²) in [7, 11) is -2.84. The average molecular weight is 745 g/mol. The monoisotopic (exact) mass is 744 g/mol. The zero-order valence-corrected chi connectivity index (χ0v) is 32.6. The number of hydrogen-bond donors (Lipinski definition) is 0. The molecule has 0 spiro atoms. The van der Waals surface area contributed by atoms with Crippen LogP contribution in [0.15, 0.2) is 212 Å². The Bertz CT molecular complexity index is 3020. The molecule has 0 fully saturated rings. The molecule has 0 atom stereocenters. The minimum atomic E-state index is -2.84. The maximum absolute atomic E-state index is 2.84. The quantitative estimate of drug-likeness (QED) is 0.114. The second-order valence-corrected chi connectivity index (χ2v) is 19.0. The van der Waals surface area contributed by atoms with Crippen LogP contribution >= 0.6 is 0 Å². The van der Waals surface area contributed by atoms with E-state index in [-0.39, 0.29) is 0 Å². The fourth-order valence-corrected chi connectivity index (χ4v) is 14.5. The van der Waals surface area contributed by atoms with Crippen molar-refractivity contribution in [2.75, 3.05) is 0 Å². The summed E-state index contributed by atoms with van der Waals surface area (Å²) in [6, 6.07) is 76.9. The lowest BCUT2D eigenvalue weighted by Gasteiger charge is -2.35. The topological polar surface area (TPSA) is 9.86 Å². The van der Waals surface area contributed by atoms with Crippen LogP contribution in [0.2, 0.25) is 0 Å². The fourth-order valence-electron chi connectivity index (χ4n) is 9.66. The van der Waals surface area contributed by atoms with E-state index < -0.39 is 8.07 Å². The van der Waals surface area contributed by atoms with Crippen LogP contribution in [0, 0.1) is 0 Å². The minimum Gasteiger partial charge on any atom is -0.313 e. The summed E-state index contributed by atoms with van der Waals surface area (Å²) in [4.78, 5) is 0. The van der Waals surface area contributed by atoms with Gasteiger partial charge in [0.1, 0.15) is 0 Å². The molecule has 0 saturated heterocycles. The minimum absolute atomic E-state index is 0.995. The third-order valence-electron chi connectivity index (χ3n) is 12.1. The van der Waals surface area contributed by atoms with Crippen molar-refractivity contribution in [3.63, 3.8) is 0 Å². The largest absolute Gasteiger partial charge is 0.313 e. The van der Waals surface area contributed by atoms with E-state index in [1.807, 2.05) is 0 Å². The van der Waals surface area contributed by atoms with Crippen molar-refractivity contribution < 1.29 is 0 Å². The molecular formula is C54H40N2Si. The van der Waals surface area contributed by atoms with Gasteiger partial charge in [0, 0.05) is 38.8 Å². The SMILES string of the molecule is C1=Cc2c(n(-c3cccc([Si](c4ccccc4)(c4ccccc4)c4cccc(-c5ccccc5)c4)c3)c3ccc(-n4c5ccccc5c5ccccc54)cc23)CC1. The van der Waals surface area contributed by atoms with Crippen LogP contribution in [0.5, 0.6) is 0 Å². The van der Waals surface area contributed by atoms with Crippen molar-refractivity contribution >= 4 is 67.6 Å². The first-order valence-electron chi connectivity index (χ1n) is 20.0. The highest BCUT2D eigenvalue weighted by Gasteiger charge is 2.42. The van der Waals surface area contributed by atoms with Crippen LogP contribution in [0.4, 0.5) is 0 Å². The predicted molar refractivity (Wildman–Crippen MR) is 244 cm³/mol. The number of para-hydroxylation sites is 2. The molecule has 10 aromatic rings. The smallest absolute Gasteiger partial charge is 0.179 e. The molecule has 3 heteroatoms. The zero-order chi connectivity index (χ0) is 37.8. The zero-order valence-electron chi connectivity index (χ0n) is 31.6. The summed E-state index contributed by atoms with van der Waals surface area (Å²) in [6.45, 7) is 0. The Morgan fingerprint density at radius 1 is 0.368 bits per heavy atom. The van der Waals surface area contributed by atoms with Gasteiger partial charge in [0.2, 0.25) is 0 Å². The summed E-state index contributed by atoms with van der Waals surface area (Å²) >= 11 is 0. The predicted octanol–water partition coefficient (Wildman–Crippen LogP) is 10.7. The van der Waals surface area contributed by atoms with E-state index >= 15 is 0 Å². The molecule has 0 radical (unpaired) electrons. The van der Waals surface area contributed by atoms with E-state index in [0.717, 1.165) is 12.8 Å². The van der Waals surface area contributed by atoms with Crippen molar-refractivity contribution in [1.82, 2.24) is 9.13 Å². The van der Waals surface area contributed by atoms with Crippen molar-refractivity contribution in [1.29, 1.82) is 0 Å². The average Bonchev–Trinajstić information content (AvgIpc) is 3.81. The highest BCUT2D eigenvalue weighted by atomic mass is 28.3. The summed E-state index contributed by atoms with van der Waals surface area (Å²) < 4.78 is 4.99. The summed E-state index contributed by atoms with van der Waals surface area (Å²) in [5.41, 5.74) is 11.3. The second-order valence-electron chi connectivity index (χ2n) is 15.2. The van der Waals surface area contributed by atoms with Gasteiger partial charge in [-0.25, -0.2) is 0 Å². The van der Waals surface area contributed by atoms with Crippen LogP contribution < -0.4 is 20.7 Å². The number of rotatable bonds is 7. The molecule has 2 nitrogen and oxygen atoms in total. The Hall–Kier alpha value is -6.94. The van der Waals surface area contributed by atoms with Gasteiger partial charge in [-0.1, -0.05) is 176 Å². The molecule has 0 unspecified atom stereocenters. The molecule has 2 aromatic heterocycles. The molecule has 11 rings (SSSR count). The molecular weight excluding hydrogens is 705 g/mol. The van der Waals surface area contributed by atoms with Gasteiger partial charge in [-0.15, -0.1) is 0 Å². The maximum atomic E-state index is 2.56. The molecule has 0 amide bonds. The molecule has 1 aliphatic carbocycles. The summed E-state index contributed by atoms with van der Waals surface area (Å²) in [5, 5.41) is 9.33. The van der Waals surface area contributed by atoms with E-state index in [9.17, 15) is 0 Å². The second kappa shape index (κ2) is 13.7. The van der Waals surface area contributed by atoms with Crippen molar-refractivity contribution in [3.05, 3.63) is 224 Å². The van der Waals surface area contributed by atoms with Gasteiger partial charge in [0.05, 0.1) is 16.6 Å². The van der Waals surface area contributed by atoms with Crippen molar-refractivity contribution in [2.24, 2.45) is 0 Å². The standard InChI is InChI=1S/C54H40N2Si/c1-4-18-39(19-5-1)40-20-16-26-45(36-40)57(43-22-6-2-7-23-43,44-24-8-3-9-25-44)46-27-17-21-41(37-46)55-53-33-15-12-30-49(53)50-38-42(34-35-54(50)55)56-51-31-13-10-28-47(51)48-29-11-14-32-52(48)56/h1-14,16-32,34-38H,15,33H2. The number of nitrogens with zero attached hydrogens (tertiary/aromatic N) is 2. The third kappa shape index (κ3) is 5.31. The molecule has 0 N–H and O–H groups in total. The van der Waals surface area contributed by atoms with E-state index in [0.29, 0.717) is 0 Å². The Morgan fingerprint density at radius 2 is 0.895 bits per heavy atom. The number of aromatic nitrogens is 2. The first-order chi connectivity index (χ1) is 28.3. The van der Waals surface area contributed by atoms with Crippen LogP contribution in [-0.4, -0.2) is 17.2 Å². The van der Waals surface area contributed by atoms with Crippen molar-refractivity contribution in [3.8, 4) is 22.5 Å². The Morgan fingerprint density at radius 3 is 1.58 bits per heavy atom. The molecule has 0 aliphatic heterocycles. The van der Waals surface area contributed by atoms with Gasteiger partial charge < -0.3 is 9.13 Å². The number of allylic oxidation sites excluding steroid dienone is 1. The lowest BCUT2D eigenvalue weighted by atomic mass is 10.0. The van der Waals surface area contributed by atoms with Crippen molar-refractivity contribution in [2.45, 2.75) is 12.8 Å². The molecule has 0 bridgehead atoms. The van der Waals surface area contributed by atoms with Crippen LogP contribution in [0.1, 0.15) is 17.7 Å². The first-order valence-corrected chi connectivity index (χ1v) is 22.0. The fraction of sp³-hybridized carbons (Fsp3) is 0.0370. The van der Waals surface area contributed by atoms with E-state index in [1.165, 1.54) is 87.2 Å². The molecule has 8 aromatic carbocycles.